The summed E-state index contributed by atoms with van der Waals surface area (Å²) in [5.41, 5.74) is 5.42. The summed E-state index contributed by atoms with van der Waals surface area (Å²) in [5, 5.41) is 0.937. The zero-order chi connectivity index (χ0) is 22.6. The number of methoxy groups -OCH3 is 1. The van der Waals surface area contributed by atoms with E-state index in [0.717, 1.165) is 49.1 Å². The van der Waals surface area contributed by atoms with Crippen molar-refractivity contribution >= 4 is 26.8 Å². The normalized spacial score (nSPS) is 10.5. The summed E-state index contributed by atoms with van der Waals surface area (Å²) in [6, 6.07) is 32.0. The Balaban J connectivity index is 1.78. The predicted molar refractivity (Wildman–Crippen MR) is 137 cm³/mol. The van der Waals surface area contributed by atoms with Gasteiger partial charge in [0.15, 0.2) is 5.82 Å². The second-order valence-corrected chi connectivity index (χ2v) is 8.37. The number of benzene rings is 4. The largest absolute Gasteiger partial charge is 0.497 e. The first-order chi connectivity index (χ1) is 16.2. The maximum absolute atomic E-state index is 5.34. The minimum atomic E-state index is 0.666. The molecule has 0 aliphatic heterocycles. The van der Waals surface area contributed by atoms with Crippen molar-refractivity contribution < 1.29 is 4.74 Å². The summed E-state index contributed by atoms with van der Waals surface area (Å²) in [7, 11) is 1.66. The molecule has 1 heterocycles. The van der Waals surface area contributed by atoms with Crippen molar-refractivity contribution in [3.63, 3.8) is 0 Å². The van der Waals surface area contributed by atoms with E-state index in [-0.39, 0.29) is 0 Å². The van der Waals surface area contributed by atoms with Gasteiger partial charge in [-0.1, -0.05) is 76.3 Å². The van der Waals surface area contributed by atoms with Gasteiger partial charge in [0.1, 0.15) is 5.75 Å². The number of hydrogen-bond donors (Lipinski definition) is 0. The Labute approximate surface area is 201 Å². The van der Waals surface area contributed by atoms with Gasteiger partial charge >= 0.3 is 0 Å². The second-order valence-electron chi connectivity index (χ2n) is 7.46. The fourth-order valence-corrected chi connectivity index (χ4v) is 4.10. The van der Waals surface area contributed by atoms with Gasteiger partial charge in [0, 0.05) is 26.5 Å². The van der Waals surface area contributed by atoms with Crippen LogP contribution in [-0.2, 0) is 0 Å². The Hall–Kier alpha value is -3.94. The van der Waals surface area contributed by atoms with E-state index in [1.165, 1.54) is 0 Å². The molecule has 0 saturated carbocycles. The van der Waals surface area contributed by atoms with Crippen LogP contribution in [0.25, 0.3) is 33.5 Å². The van der Waals surface area contributed by atoms with E-state index in [1.54, 1.807) is 7.11 Å². The van der Waals surface area contributed by atoms with Crippen molar-refractivity contribution in [2.24, 2.45) is 0 Å². The van der Waals surface area contributed by atoms with Gasteiger partial charge in [-0.15, -0.1) is 0 Å². The molecule has 158 valence electrons. The molecule has 3 nitrogen and oxygen atoms in total. The van der Waals surface area contributed by atoms with Gasteiger partial charge in [-0.25, -0.2) is 9.97 Å². The summed E-state index contributed by atoms with van der Waals surface area (Å²) < 4.78 is 6.27. The topological polar surface area (TPSA) is 35.0 Å². The fourth-order valence-electron chi connectivity index (χ4n) is 3.64. The number of nitrogens with zero attached hydrogens (tertiary/aromatic N) is 2. The first-order valence-electron chi connectivity index (χ1n) is 10.5. The van der Waals surface area contributed by atoms with Crippen LogP contribution in [0.5, 0.6) is 5.75 Å². The molecule has 0 aliphatic rings. The average molecular weight is 491 g/mol. The molecule has 0 saturated heterocycles. The van der Waals surface area contributed by atoms with E-state index in [9.17, 15) is 0 Å². The van der Waals surface area contributed by atoms with E-state index in [2.05, 4.69) is 33.8 Å². The lowest BCUT2D eigenvalue weighted by Crippen LogP contribution is -1.97. The van der Waals surface area contributed by atoms with Crippen molar-refractivity contribution in [1.82, 2.24) is 9.97 Å². The Morgan fingerprint density at radius 3 is 2.12 bits per heavy atom. The van der Waals surface area contributed by atoms with Crippen LogP contribution in [0.15, 0.2) is 102 Å². The third-order valence-electron chi connectivity index (χ3n) is 5.28. The molecule has 33 heavy (non-hydrogen) atoms. The molecule has 1 aromatic heterocycles. The molecule has 0 fully saturated rings. The molecule has 0 amide bonds. The van der Waals surface area contributed by atoms with Crippen LogP contribution < -0.4 is 4.74 Å². The number of ether oxygens (including phenoxy) is 1. The number of rotatable bonds is 3. The Morgan fingerprint density at radius 2 is 1.42 bits per heavy atom. The Bertz CT molecular complexity index is 1490. The zero-order valence-corrected chi connectivity index (χ0v) is 19.5. The van der Waals surface area contributed by atoms with E-state index in [1.807, 2.05) is 91.0 Å². The lowest BCUT2D eigenvalue weighted by Gasteiger charge is -2.12. The highest BCUT2D eigenvalue weighted by molar-refractivity contribution is 9.10. The van der Waals surface area contributed by atoms with Gasteiger partial charge in [-0.2, -0.15) is 0 Å². The zero-order valence-electron chi connectivity index (χ0n) is 17.9. The van der Waals surface area contributed by atoms with Crippen molar-refractivity contribution in [3.05, 3.63) is 113 Å². The minimum absolute atomic E-state index is 0.666. The molecule has 5 rings (SSSR count). The molecule has 0 aliphatic carbocycles. The van der Waals surface area contributed by atoms with Gasteiger partial charge in [0.25, 0.3) is 0 Å². The first kappa shape index (κ1) is 20.9. The highest BCUT2D eigenvalue weighted by Crippen LogP contribution is 2.33. The summed E-state index contributed by atoms with van der Waals surface area (Å²) in [4.78, 5) is 9.94. The number of halogens is 1. The molecule has 0 bridgehead atoms. The minimum Gasteiger partial charge on any atom is -0.497 e. The summed E-state index contributed by atoms with van der Waals surface area (Å²) in [6.07, 6.45) is 0. The van der Waals surface area contributed by atoms with Crippen LogP contribution in [0.3, 0.4) is 0 Å². The summed E-state index contributed by atoms with van der Waals surface area (Å²) in [6.45, 7) is 0. The maximum atomic E-state index is 5.34. The van der Waals surface area contributed by atoms with Gasteiger partial charge < -0.3 is 4.74 Å². The van der Waals surface area contributed by atoms with Crippen molar-refractivity contribution in [1.29, 1.82) is 0 Å². The van der Waals surface area contributed by atoms with Crippen LogP contribution in [0.1, 0.15) is 11.1 Å². The summed E-state index contributed by atoms with van der Waals surface area (Å²) in [5.74, 6) is 8.06. The molecule has 5 aromatic rings. The molecule has 0 radical (unpaired) electrons. The van der Waals surface area contributed by atoms with Crippen LogP contribution in [0, 0.1) is 11.8 Å². The van der Waals surface area contributed by atoms with Crippen LogP contribution in [0.2, 0.25) is 0 Å². The Morgan fingerprint density at radius 1 is 0.727 bits per heavy atom. The fraction of sp³-hybridized carbons (Fsp3) is 0.0345. The SMILES string of the molecule is COc1ccc(-c2nc(-c3ccccc3)nc3c(C#Cc4ccccc4)cc(Br)cc23)cc1. The molecule has 0 atom stereocenters. The monoisotopic (exact) mass is 490 g/mol. The van der Waals surface area contributed by atoms with Gasteiger partial charge in [-0.05, 0) is 48.5 Å². The quantitative estimate of drug-likeness (QED) is 0.252. The first-order valence-corrected chi connectivity index (χ1v) is 11.3. The molecule has 0 spiro atoms. The highest BCUT2D eigenvalue weighted by atomic mass is 79.9. The van der Waals surface area contributed by atoms with Gasteiger partial charge in [0.2, 0.25) is 0 Å². The molecule has 0 N–H and O–H groups in total. The smallest absolute Gasteiger partial charge is 0.160 e. The van der Waals surface area contributed by atoms with E-state index < -0.39 is 0 Å². The second kappa shape index (κ2) is 9.28. The highest BCUT2D eigenvalue weighted by Gasteiger charge is 2.15. The van der Waals surface area contributed by atoms with Crippen LogP contribution >= 0.6 is 15.9 Å². The predicted octanol–water partition coefficient (Wildman–Crippen LogP) is 7.13. The van der Waals surface area contributed by atoms with Crippen molar-refractivity contribution in [3.8, 4) is 40.2 Å². The lowest BCUT2D eigenvalue weighted by molar-refractivity contribution is 0.415. The molecule has 4 aromatic carbocycles. The Kier molecular flexibility index (Phi) is 5.89. The maximum Gasteiger partial charge on any atom is 0.160 e. The number of fused-ring (bicyclic) bond motifs is 1. The standard InChI is InChI=1S/C29H19BrN2O/c1-33-25-16-14-21(15-17-25)27-26-19-24(30)18-23(13-12-20-8-4-2-5-9-20)28(26)32-29(31-27)22-10-6-3-7-11-22/h2-11,14-19H,1H3. The van der Waals surface area contributed by atoms with Gasteiger partial charge in [-0.3, -0.25) is 0 Å². The average Bonchev–Trinajstić information content (AvgIpc) is 2.88. The number of aromatic nitrogens is 2. The summed E-state index contributed by atoms with van der Waals surface area (Å²) >= 11 is 3.66. The molecule has 4 heteroatoms. The lowest BCUT2D eigenvalue weighted by atomic mass is 10.0. The van der Waals surface area contributed by atoms with E-state index >= 15 is 0 Å². The molecular weight excluding hydrogens is 472 g/mol. The molecule has 0 unspecified atom stereocenters. The molecular formula is C29H19BrN2O. The van der Waals surface area contributed by atoms with E-state index in [4.69, 9.17) is 14.7 Å². The van der Waals surface area contributed by atoms with E-state index in [0.29, 0.717) is 5.82 Å². The third kappa shape index (κ3) is 4.50. The van der Waals surface area contributed by atoms with Crippen molar-refractivity contribution in [2.75, 3.05) is 7.11 Å². The van der Waals surface area contributed by atoms with Crippen molar-refractivity contribution in [2.45, 2.75) is 0 Å². The van der Waals surface area contributed by atoms with Crippen LogP contribution in [0.4, 0.5) is 0 Å². The third-order valence-corrected chi connectivity index (χ3v) is 5.73. The van der Waals surface area contributed by atoms with Crippen LogP contribution in [-0.4, -0.2) is 17.1 Å². The van der Waals surface area contributed by atoms with Gasteiger partial charge in [0.05, 0.1) is 23.9 Å². The number of hydrogen-bond acceptors (Lipinski definition) is 3.